The van der Waals surface area contributed by atoms with Gasteiger partial charge in [0.2, 0.25) is 0 Å². The summed E-state index contributed by atoms with van der Waals surface area (Å²) in [6.07, 6.45) is 3.85. The quantitative estimate of drug-likeness (QED) is 0.658. The number of hydrogen-bond donors (Lipinski definition) is 0. The molecule has 0 atom stereocenters. The van der Waals surface area contributed by atoms with Crippen molar-refractivity contribution >= 4 is 0 Å². The highest BCUT2D eigenvalue weighted by atomic mass is 15.1. The lowest BCUT2D eigenvalue weighted by molar-refractivity contribution is 1.05. The Morgan fingerprint density at radius 3 is 2.39 bits per heavy atom. The molecule has 0 fully saturated rings. The van der Waals surface area contributed by atoms with Gasteiger partial charge in [0, 0.05) is 23.6 Å². The molecule has 0 radical (unpaired) electrons. The Labute approximate surface area is 107 Å². The maximum absolute atomic E-state index is 4.47. The monoisotopic (exact) mass is 234 g/mol. The highest BCUT2D eigenvalue weighted by Crippen LogP contribution is 2.22. The molecule has 3 rings (SSSR count). The van der Waals surface area contributed by atoms with Crippen molar-refractivity contribution in [3.8, 4) is 17.1 Å². The molecule has 0 saturated heterocycles. The fourth-order valence-corrected chi connectivity index (χ4v) is 2.13. The molecule has 1 aromatic heterocycles. The molecule has 0 saturated carbocycles. The summed E-state index contributed by atoms with van der Waals surface area (Å²) in [4.78, 5) is 4.47. The van der Waals surface area contributed by atoms with Gasteiger partial charge in [0.1, 0.15) is 5.82 Å². The summed E-state index contributed by atoms with van der Waals surface area (Å²) in [5.41, 5.74) is 3.55. The number of nitrogens with zero attached hydrogens (tertiary/aromatic N) is 2. The molecule has 2 nitrogen and oxygen atoms in total. The lowest BCUT2D eigenvalue weighted by Gasteiger charge is -2.10. The molecule has 0 bridgehead atoms. The van der Waals surface area contributed by atoms with Crippen LogP contribution in [0.5, 0.6) is 0 Å². The fraction of sp³-hybridized carbons (Fsp3) is 0.0625. The molecule has 0 unspecified atom stereocenters. The van der Waals surface area contributed by atoms with E-state index in [-0.39, 0.29) is 0 Å². The van der Waals surface area contributed by atoms with E-state index in [1.165, 1.54) is 11.3 Å². The van der Waals surface area contributed by atoms with Crippen LogP contribution in [0.25, 0.3) is 17.1 Å². The maximum Gasteiger partial charge on any atom is 0.144 e. The van der Waals surface area contributed by atoms with E-state index in [2.05, 4.69) is 52.9 Å². The van der Waals surface area contributed by atoms with E-state index in [1.54, 1.807) is 0 Å². The fourth-order valence-electron chi connectivity index (χ4n) is 2.13. The zero-order valence-corrected chi connectivity index (χ0v) is 10.2. The molecule has 0 aliphatic heterocycles. The SMILES string of the molecule is Cc1ccccc1-n1ccnc1-c1ccccc1. The Morgan fingerprint density at radius 2 is 1.61 bits per heavy atom. The van der Waals surface area contributed by atoms with Gasteiger partial charge < -0.3 is 0 Å². The number of aromatic nitrogens is 2. The van der Waals surface area contributed by atoms with E-state index in [9.17, 15) is 0 Å². The first-order valence-electron chi connectivity index (χ1n) is 6.01. The summed E-state index contributed by atoms with van der Waals surface area (Å²) >= 11 is 0. The number of hydrogen-bond acceptors (Lipinski definition) is 1. The van der Waals surface area contributed by atoms with Crippen LogP contribution in [0.1, 0.15) is 5.56 Å². The Bertz CT molecular complexity index is 654. The zero-order valence-electron chi connectivity index (χ0n) is 10.2. The molecule has 0 aliphatic rings. The van der Waals surface area contributed by atoms with E-state index in [0.717, 1.165) is 11.4 Å². The van der Waals surface area contributed by atoms with E-state index >= 15 is 0 Å². The van der Waals surface area contributed by atoms with Crippen molar-refractivity contribution in [3.05, 3.63) is 72.6 Å². The van der Waals surface area contributed by atoms with Crippen LogP contribution < -0.4 is 0 Å². The first kappa shape index (κ1) is 10.8. The van der Waals surface area contributed by atoms with Gasteiger partial charge >= 0.3 is 0 Å². The lowest BCUT2D eigenvalue weighted by Crippen LogP contribution is -1.98. The minimum Gasteiger partial charge on any atom is -0.300 e. The van der Waals surface area contributed by atoms with Gasteiger partial charge in [0.15, 0.2) is 0 Å². The summed E-state index contributed by atoms with van der Waals surface area (Å²) < 4.78 is 2.13. The smallest absolute Gasteiger partial charge is 0.144 e. The van der Waals surface area contributed by atoms with Crippen molar-refractivity contribution in [1.82, 2.24) is 9.55 Å². The third-order valence-electron chi connectivity index (χ3n) is 3.05. The molecule has 88 valence electrons. The summed E-state index contributed by atoms with van der Waals surface area (Å²) in [7, 11) is 0. The molecule has 18 heavy (non-hydrogen) atoms. The van der Waals surface area contributed by atoms with E-state index in [1.807, 2.05) is 30.6 Å². The van der Waals surface area contributed by atoms with Crippen LogP contribution >= 0.6 is 0 Å². The second-order valence-electron chi connectivity index (χ2n) is 4.27. The van der Waals surface area contributed by atoms with Crippen LogP contribution in [-0.2, 0) is 0 Å². The molecular formula is C16H14N2. The number of aryl methyl sites for hydroxylation is 1. The number of benzene rings is 2. The molecular weight excluding hydrogens is 220 g/mol. The second kappa shape index (κ2) is 4.49. The molecule has 0 aliphatic carbocycles. The molecule has 0 N–H and O–H groups in total. The second-order valence-corrected chi connectivity index (χ2v) is 4.27. The van der Waals surface area contributed by atoms with Crippen LogP contribution in [0.2, 0.25) is 0 Å². The van der Waals surface area contributed by atoms with E-state index in [0.29, 0.717) is 0 Å². The van der Waals surface area contributed by atoms with Gasteiger partial charge in [-0.1, -0.05) is 48.5 Å². The molecule has 0 amide bonds. The maximum atomic E-state index is 4.47. The van der Waals surface area contributed by atoms with Crippen LogP contribution in [-0.4, -0.2) is 9.55 Å². The highest BCUT2D eigenvalue weighted by Gasteiger charge is 2.08. The van der Waals surface area contributed by atoms with Crippen molar-refractivity contribution in [2.45, 2.75) is 6.92 Å². The van der Waals surface area contributed by atoms with Crippen LogP contribution in [0.3, 0.4) is 0 Å². The first-order chi connectivity index (χ1) is 8.86. The Kier molecular flexibility index (Phi) is 2.69. The van der Waals surface area contributed by atoms with Gasteiger partial charge in [-0.25, -0.2) is 4.98 Å². The summed E-state index contributed by atoms with van der Waals surface area (Å²) in [6, 6.07) is 18.6. The van der Waals surface area contributed by atoms with Crippen molar-refractivity contribution in [3.63, 3.8) is 0 Å². The van der Waals surface area contributed by atoms with Crippen LogP contribution in [0.4, 0.5) is 0 Å². The lowest BCUT2D eigenvalue weighted by atomic mass is 10.1. The van der Waals surface area contributed by atoms with Crippen molar-refractivity contribution in [2.75, 3.05) is 0 Å². The van der Waals surface area contributed by atoms with Crippen molar-refractivity contribution < 1.29 is 0 Å². The van der Waals surface area contributed by atoms with Crippen molar-refractivity contribution in [2.24, 2.45) is 0 Å². The predicted octanol–water partition coefficient (Wildman–Crippen LogP) is 3.85. The Morgan fingerprint density at radius 1 is 0.889 bits per heavy atom. The Balaban J connectivity index is 2.16. The van der Waals surface area contributed by atoms with E-state index < -0.39 is 0 Å². The van der Waals surface area contributed by atoms with E-state index in [4.69, 9.17) is 0 Å². The molecule has 3 aromatic rings. The summed E-state index contributed by atoms with van der Waals surface area (Å²) in [6.45, 7) is 2.12. The largest absolute Gasteiger partial charge is 0.300 e. The molecule has 0 spiro atoms. The van der Waals surface area contributed by atoms with Gasteiger partial charge in [-0.2, -0.15) is 0 Å². The molecule has 1 heterocycles. The normalized spacial score (nSPS) is 10.5. The minimum absolute atomic E-state index is 0.977. The summed E-state index contributed by atoms with van der Waals surface area (Å²) in [5, 5.41) is 0. The standard InChI is InChI=1S/C16H14N2/c1-13-7-5-6-10-15(13)18-12-11-17-16(18)14-8-3-2-4-9-14/h2-12H,1H3. The van der Waals surface area contributed by atoms with Crippen LogP contribution in [0, 0.1) is 6.92 Å². The predicted molar refractivity (Wildman–Crippen MR) is 73.7 cm³/mol. The third-order valence-corrected chi connectivity index (χ3v) is 3.05. The molecule has 2 heteroatoms. The van der Waals surface area contributed by atoms with Gasteiger partial charge in [-0.05, 0) is 18.6 Å². The van der Waals surface area contributed by atoms with Crippen molar-refractivity contribution in [1.29, 1.82) is 0 Å². The van der Waals surface area contributed by atoms with Gasteiger partial charge in [-0.3, -0.25) is 4.57 Å². The topological polar surface area (TPSA) is 17.8 Å². The molecule has 2 aromatic carbocycles. The first-order valence-corrected chi connectivity index (χ1v) is 6.01. The van der Waals surface area contributed by atoms with Gasteiger partial charge in [-0.15, -0.1) is 0 Å². The number of rotatable bonds is 2. The minimum atomic E-state index is 0.977. The number of para-hydroxylation sites is 1. The Hall–Kier alpha value is -2.35. The zero-order chi connectivity index (χ0) is 12.4. The van der Waals surface area contributed by atoms with Gasteiger partial charge in [0.25, 0.3) is 0 Å². The van der Waals surface area contributed by atoms with Crippen LogP contribution in [0.15, 0.2) is 67.0 Å². The highest BCUT2D eigenvalue weighted by molar-refractivity contribution is 5.59. The van der Waals surface area contributed by atoms with Gasteiger partial charge in [0.05, 0.1) is 0 Å². The average molecular weight is 234 g/mol. The number of imidazole rings is 1. The average Bonchev–Trinajstić information content (AvgIpc) is 2.89. The third kappa shape index (κ3) is 1.82. The summed E-state index contributed by atoms with van der Waals surface area (Å²) in [5.74, 6) is 0.977.